The smallest absolute Gasteiger partial charge is 0.163 e. The molecule has 0 unspecified atom stereocenters. The summed E-state index contributed by atoms with van der Waals surface area (Å²) >= 11 is 0. The third-order valence-corrected chi connectivity index (χ3v) is 4.29. The first-order valence-corrected chi connectivity index (χ1v) is 9.21. The van der Waals surface area contributed by atoms with Crippen LogP contribution >= 0.6 is 0 Å². The first-order chi connectivity index (χ1) is 13.4. The predicted molar refractivity (Wildman–Crippen MR) is 112 cm³/mol. The number of phenols is 2. The number of nitrogens with zero attached hydrogens (tertiary/aromatic N) is 1. The minimum atomic E-state index is -0.340. The molecule has 0 radical (unpaired) electrons. The zero-order valence-corrected chi connectivity index (χ0v) is 16.1. The Hall–Kier alpha value is -3.34. The number of aromatic hydroxyl groups is 2. The number of rotatable bonds is 9. The average molecular weight is 379 g/mol. The number of ketones is 2. The van der Waals surface area contributed by atoms with Crippen LogP contribution < -0.4 is 4.90 Å². The van der Waals surface area contributed by atoms with Crippen LogP contribution in [0.3, 0.4) is 0 Å². The standard InChI is InChI=1S/C23H25NO4/c1-3-24(4-2)19-10-8-18(23(28)15-19)9-14-22(27)16-21(26)13-7-17-5-11-20(25)12-6-17/h5-15,25,28H,3-4,16H2,1-2H3/b13-7+,14-9+. The van der Waals surface area contributed by atoms with Gasteiger partial charge in [0.25, 0.3) is 0 Å². The molecule has 0 aliphatic carbocycles. The van der Waals surface area contributed by atoms with E-state index in [1.54, 1.807) is 30.3 Å². The molecule has 28 heavy (non-hydrogen) atoms. The van der Waals surface area contributed by atoms with Crippen LogP contribution in [-0.4, -0.2) is 34.9 Å². The van der Waals surface area contributed by atoms with Gasteiger partial charge in [0.05, 0.1) is 6.42 Å². The van der Waals surface area contributed by atoms with Crippen molar-refractivity contribution < 1.29 is 19.8 Å². The topological polar surface area (TPSA) is 77.8 Å². The maximum absolute atomic E-state index is 12.0. The normalized spacial score (nSPS) is 11.2. The van der Waals surface area contributed by atoms with Crippen molar-refractivity contribution in [3.05, 3.63) is 65.7 Å². The Balaban J connectivity index is 1.95. The molecule has 0 spiro atoms. The predicted octanol–water partition coefficient (Wildman–Crippen LogP) is 4.20. The molecular weight excluding hydrogens is 354 g/mol. The van der Waals surface area contributed by atoms with Gasteiger partial charge in [0.2, 0.25) is 0 Å². The van der Waals surface area contributed by atoms with Crippen LogP contribution in [0.4, 0.5) is 5.69 Å². The number of phenolic OH excluding ortho intramolecular Hbond substituents is 2. The quantitative estimate of drug-likeness (QED) is 0.504. The van der Waals surface area contributed by atoms with E-state index in [-0.39, 0.29) is 29.5 Å². The molecule has 0 bridgehead atoms. The van der Waals surface area contributed by atoms with E-state index in [1.807, 2.05) is 19.9 Å². The lowest BCUT2D eigenvalue weighted by molar-refractivity contribution is -0.121. The molecule has 0 aliphatic rings. The van der Waals surface area contributed by atoms with Gasteiger partial charge in [0.15, 0.2) is 11.6 Å². The Labute approximate surface area is 165 Å². The molecule has 146 valence electrons. The third kappa shape index (κ3) is 6.13. The SMILES string of the molecule is CCN(CC)c1ccc(/C=C/C(=O)CC(=O)/C=C/c2ccc(O)cc2)c(O)c1. The summed E-state index contributed by atoms with van der Waals surface area (Å²) in [6, 6.07) is 11.7. The van der Waals surface area contributed by atoms with Crippen molar-refractivity contribution in [2.45, 2.75) is 20.3 Å². The van der Waals surface area contributed by atoms with Crippen molar-refractivity contribution in [3.8, 4) is 11.5 Å². The van der Waals surface area contributed by atoms with Crippen molar-refractivity contribution >= 4 is 29.4 Å². The zero-order chi connectivity index (χ0) is 20.5. The van der Waals surface area contributed by atoms with Crippen molar-refractivity contribution in [3.63, 3.8) is 0 Å². The molecule has 0 heterocycles. The third-order valence-electron chi connectivity index (χ3n) is 4.29. The van der Waals surface area contributed by atoms with E-state index in [2.05, 4.69) is 4.90 Å². The molecule has 2 aromatic carbocycles. The van der Waals surface area contributed by atoms with Gasteiger partial charge in [0.1, 0.15) is 11.5 Å². The first kappa shape index (κ1) is 21.0. The molecule has 5 heteroatoms. The maximum atomic E-state index is 12.0. The van der Waals surface area contributed by atoms with E-state index in [4.69, 9.17) is 0 Å². The summed E-state index contributed by atoms with van der Waals surface area (Å²) in [5.74, 6) is -0.416. The minimum Gasteiger partial charge on any atom is -0.508 e. The molecule has 2 aromatic rings. The Kier molecular flexibility index (Phi) is 7.57. The first-order valence-electron chi connectivity index (χ1n) is 9.21. The summed E-state index contributed by atoms with van der Waals surface area (Å²) in [5, 5.41) is 19.4. The number of carbonyl (C=O) groups excluding carboxylic acids is 2. The van der Waals surface area contributed by atoms with E-state index in [0.29, 0.717) is 5.56 Å². The van der Waals surface area contributed by atoms with Crippen molar-refractivity contribution in [1.82, 2.24) is 0 Å². The number of carbonyl (C=O) groups is 2. The van der Waals surface area contributed by atoms with Crippen LogP contribution in [0, 0.1) is 0 Å². The van der Waals surface area contributed by atoms with E-state index in [1.165, 1.54) is 30.4 Å². The summed E-state index contributed by atoms with van der Waals surface area (Å²) < 4.78 is 0. The molecule has 2 rings (SSSR count). The Bertz CT molecular complexity index is 878. The number of benzene rings is 2. The number of hydrogen-bond acceptors (Lipinski definition) is 5. The van der Waals surface area contributed by atoms with Gasteiger partial charge >= 0.3 is 0 Å². The highest BCUT2D eigenvalue weighted by molar-refractivity contribution is 6.10. The fourth-order valence-corrected chi connectivity index (χ4v) is 2.71. The fraction of sp³-hybridized carbons (Fsp3) is 0.217. The number of allylic oxidation sites excluding steroid dienone is 2. The Morgan fingerprint density at radius 2 is 1.50 bits per heavy atom. The molecule has 0 aliphatic heterocycles. The molecule has 0 atom stereocenters. The van der Waals surface area contributed by atoms with Crippen molar-refractivity contribution in [2.24, 2.45) is 0 Å². The van der Waals surface area contributed by atoms with E-state index >= 15 is 0 Å². The van der Waals surface area contributed by atoms with E-state index in [0.717, 1.165) is 24.3 Å². The van der Waals surface area contributed by atoms with Crippen LogP contribution in [0.25, 0.3) is 12.2 Å². The van der Waals surface area contributed by atoms with Gasteiger partial charge in [-0.1, -0.05) is 18.2 Å². The van der Waals surface area contributed by atoms with Crippen LogP contribution in [0.15, 0.2) is 54.6 Å². The van der Waals surface area contributed by atoms with Crippen molar-refractivity contribution in [2.75, 3.05) is 18.0 Å². The summed E-state index contributed by atoms with van der Waals surface area (Å²) in [6.45, 7) is 5.76. The van der Waals surface area contributed by atoms with E-state index in [9.17, 15) is 19.8 Å². The highest BCUT2D eigenvalue weighted by Crippen LogP contribution is 2.25. The monoisotopic (exact) mass is 379 g/mol. The number of hydrogen-bond donors (Lipinski definition) is 2. The molecule has 0 aromatic heterocycles. The number of anilines is 1. The van der Waals surface area contributed by atoms with Crippen LogP contribution in [0.2, 0.25) is 0 Å². The summed E-state index contributed by atoms with van der Waals surface area (Å²) in [6.07, 6.45) is 5.51. The highest BCUT2D eigenvalue weighted by atomic mass is 16.3. The second-order valence-corrected chi connectivity index (χ2v) is 6.28. The molecule has 0 amide bonds. The van der Waals surface area contributed by atoms with Crippen LogP contribution in [-0.2, 0) is 9.59 Å². The second kappa shape index (κ2) is 10.1. The molecule has 0 saturated carbocycles. The van der Waals surface area contributed by atoms with Gasteiger partial charge in [-0.3, -0.25) is 9.59 Å². The molecular formula is C23H25NO4. The molecule has 2 N–H and O–H groups in total. The Morgan fingerprint density at radius 3 is 2.07 bits per heavy atom. The van der Waals surface area contributed by atoms with Crippen LogP contribution in [0.1, 0.15) is 31.4 Å². The molecule has 0 saturated heterocycles. The fourth-order valence-electron chi connectivity index (χ4n) is 2.71. The molecule has 0 fully saturated rings. The largest absolute Gasteiger partial charge is 0.508 e. The van der Waals surface area contributed by atoms with E-state index < -0.39 is 0 Å². The summed E-state index contributed by atoms with van der Waals surface area (Å²) in [7, 11) is 0. The second-order valence-electron chi connectivity index (χ2n) is 6.28. The molecule has 5 nitrogen and oxygen atoms in total. The van der Waals surface area contributed by atoms with Gasteiger partial charge in [0, 0.05) is 30.4 Å². The highest BCUT2D eigenvalue weighted by Gasteiger charge is 2.07. The minimum absolute atomic E-state index is 0.0898. The lowest BCUT2D eigenvalue weighted by Gasteiger charge is -2.21. The van der Waals surface area contributed by atoms with Gasteiger partial charge in [-0.15, -0.1) is 0 Å². The summed E-state index contributed by atoms with van der Waals surface area (Å²) in [5.41, 5.74) is 2.20. The maximum Gasteiger partial charge on any atom is 0.163 e. The van der Waals surface area contributed by atoms with Crippen molar-refractivity contribution in [1.29, 1.82) is 0 Å². The zero-order valence-electron chi connectivity index (χ0n) is 16.1. The lowest BCUT2D eigenvalue weighted by atomic mass is 10.1. The van der Waals surface area contributed by atoms with Crippen LogP contribution in [0.5, 0.6) is 11.5 Å². The van der Waals surface area contributed by atoms with Gasteiger partial charge in [-0.05, 0) is 61.9 Å². The summed E-state index contributed by atoms with van der Waals surface area (Å²) in [4.78, 5) is 26.0. The van der Waals surface area contributed by atoms with Gasteiger partial charge < -0.3 is 15.1 Å². The lowest BCUT2D eigenvalue weighted by Crippen LogP contribution is -2.21. The Morgan fingerprint density at radius 1 is 0.893 bits per heavy atom. The van der Waals surface area contributed by atoms with Gasteiger partial charge in [-0.25, -0.2) is 0 Å². The average Bonchev–Trinajstić information content (AvgIpc) is 2.68. The van der Waals surface area contributed by atoms with Gasteiger partial charge in [-0.2, -0.15) is 0 Å².